The minimum atomic E-state index is -2.51. The Balaban J connectivity index is 2.64. The Morgan fingerprint density at radius 1 is 0.649 bits per heavy atom. The van der Waals surface area contributed by atoms with Crippen molar-refractivity contribution in [2.75, 3.05) is 49.8 Å². The summed E-state index contributed by atoms with van der Waals surface area (Å²) in [7, 11) is 7.00. The van der Waals surface area contributed by atoms with Crippen LogP contribution in [-0.2, 0) is 66.7 Å². The zero-order valence-electron chi connectivity index (χ0n) is 20.7. The van der Waals surface area contributed by atoms with Gasteiger partial charge in [0.1, 0.15) is 10.5 Å². The van der Waals surface area contributed by atoms with E-state index in [-0.39, 0.29) is 5.57 Å². The normalized spacial score (nSPS) is 25.9. The predicted octanol–water partition coefficient (Wildman–Crippen LogP) is -0.888. The maximum absolute atomic E-state index is 13.4. The maximum atomic E-state index is 13.4. The number of esters is 6. The smallest absolute Gasteiger partial charge is 0.345 e. The van der Waals surface area contributed by atoms with Crippen molar-refractivity contribution in [3.8, 4) is 0 Å². The van der Waals surface area contributed by atoms with Crippen molar-refractivity contribution in [3.63, 3.8) is 0 Å². The van der Waals surface area contributed by atoms with E-state index in [1.54, 1.807) is 0 Å². The number of hydrogen-bond donors (Lipinski definition) is 0. The highest BCUT2D eigenvalue weighted by Crippen LogP contribution is 2.65. The molecular formula is C22H22O14S. The topological polar surface area (TPSA) is 176 Å². The minimum Gasteiger partial charge on any atom is -0.467 e. The van der Waals surface area contributed by atoms with Crippen LogP contribution in [-0.4, -0.2) is 102 Å². The molecule has 3 heterocycles. The van der Waals surface area contributed by atoms with Crippen LogP contribution >= 0.6 is 11.8 Å². The molecule has 0 radical (unpaired) electrons. The third kappa shape index (κ3) is 3.56. The average Bonchev–Trinajstić information content (AvgIpc) is 3.41. The molecule has 3 aliphatic rings. The van der Waals surface area contributed by atoms with Gasteiger partial charge in [0.25, 0.3) is 0 Å². The molecule has 0 aromatic heterocycles. The second-order valence-electron chi connectivity index (χ2n) is 7.35. The quantitative estimate of drug-likeness (QED) is 0.286. The number of ether oxygens (including phenoxy) is 8. The molecule has 3 unspecified atom stereocenters. The second kappa shape index (κ2) is 9.99. The van der Waals surface area contributed by atoms with Gasteiger partial charge in [-0.3, -0.25) is 0 Å². The SMILES string of the molecule is COC(=O)C1=C(C(=O)OC)C(C(=O)OC)=C2C(S1)C1(C(=O)OC)OC2(OC)C(C(=O)OC)=C1C(=O)OC. The summed E-state index contributed by atoms with van der Waals surface area (Å²) in [6.45, 7) is 0. The van der Waals surface area contributed by atoms with Crippen molar-refractivity contribution in [1.82, 2.24) is 0 Å². The van der Waals surface area contributed by atoms with Crippen LogP contribution in [0.1, 0.15) is 0 Å². The van der Waals surface area contributed by atoms with Gasteiger partial charge in [0.15, 0.2) is 0 Å². The summed E-state index contributed by atoms with van der Waals surface area (Å²) in [5, 5.41) is -1.50. The first-order valence-corrected chi connectivity index (χ1v) is 11.1. The van der Waals surface area contributed by atoms with E-state index in [4.69, 9.17) is 37.9 Å². The Morgan fingerprint density at radius 2 is 1.14 bits per heavy atom. The summed E-state index contributed by atoms with van der Waals surface area (Å²) in [6, 6.07) is 0. The first-order chi connectivity index (χ1) is 17.5. The lowest BCUT2D eigenvalue weighted by atomic mass is 9.74. The molecular weight excluding hydrogens is 520 g/mol. The minimum absolute atomic E-state index is 0.307. The van der Waals surface area contributed by atoms with Gasteiger partial charge < -0.3 is 37.9 Å². The van der Waals surface area contributed by atoms with Gasteiger partial charge in [0.2, 0.25) is 11.4 Å². The van der Waals surface area contributed by atoms with Crippen LogP contribution < -0.4 is 0 Å². The monoisotopic (exact) mass is 542 g/mol. The first-order valence-electron chi connectivity index (χ1n) is 10.2. The lowest BCUT2D eigenvalue weighted by molar-refractivity contribution is -0.198. The van der Waals surface area contributed by atoms with Crippen molar-refractivity contribution in [3.05, 3.63) is 32.8 Å². The van der Waals surface area contributed by atoms with Crippen molar-refractivity contribution in [2.45, 2.75) is 16.6 Å². The summed E-state index contributed by atoms with van der Waals surface area (Å²) >= 11 is 0.529. The van der Waals surface area contributed by atoms with E-state index < -0.39 is 79.7 Å². The van der Waals surface area contributed by atoms with E-state index in [0.29, 0.717) is 11.8 Å². The van der Waals surface area contributed by atoms with Crippen molar-refractivity contribution in [2.24, 2.45) is 0 Å². The van der Waals surface area contributed by atoms with Crippen LogP contribution in [0.15, 0.2) is 32.8 Å². The summed E-state index contributed by atoms with van der Waals surface area (Å²) in [5.41, 5.74) is -5.33. The van der Waals surface area contributed by atoms with Crippen molar-refractivity contribution < 1.29 is 66.7 Å². The molecule has 0 amide bonds. The molecule has 0 aromatic carbocycles. The van der Waals surface area contributed by atoms with E-state index in [1.165, 1.54) is 0 Å². The van der Waals surface area contributed by atoms with Crippen LogP contribution in [0.3, 0.4) is 0 Å². The van der Waals surface area contributed by atoms with E-state index in [1.807, 2.05) is 0 Å². The van der Waals surface area contributed by atoms with E-state index in [2.05, 4.69) is 0 Å². The molecule has 200 valence electrons. The number of methoxy groups -OCH3 is 7. The number of thioether (sulfide) groups is 1. The molecule has 3 atom stereocenters. The Labute approximate surface area is 213 Å². The van der Waals surface area contributed by atoms with Gasteiger partial charge in [-0.15, -0.1) is 11.8 Å². The molecule has 3 aliphatic heterocycles. The van der Waals surface area contributed by atoms with Gasteiger partial charge in [-0.05, 0) is 0 Å². The van der Waals surface area contributed by atoms with Crippen molar-refractivity contribution in [1.29, 1.82) is 0 Å². The Morgan fingerprint density at radius 3 is 1.59 bits per heavy atom. The second-order valence-corrected chi connectivity index (χ2v) is 8.46. The Hall–Kier alpha value is -3.69. The lowest BCUT2D eigenvalue weighted by Gasteiger charge is -2.37. The molecule has 37 heavy (non-hydrogen) atoms. The third-order valence-electron chi connectivity index (χ3n) is 5.93. The molecule has 0 aromatic rings. The van der Waals surface area contributed by atoms with Gasteiger partial charge in [-0.1, -0.05) is 0 Å². The number of carbonyl (C=O) groups is 6. The molecule has 0 spiro atoms. The van der Waals surface area contributed by atoms with Crippen LogP contribution in [0.25, 0.3) is 0 Å². The van der Waals surface area contributed by atoms with Crippen LogP contribution in [0.5, 0.6) is 0 Å². The highest BCUT2D eigenvalue weighted by molar-refractivity contribution is 8.05. The zero-order valence-corrected chi connectivity index (χ0v) is 21.5. The van der Waals surface area contributed by atoms with Gasteiger partial charge >= 0.3 is 35.8 Å². The fourth-order valence-corrected chi connectivity index (χ4v) is 6.03. The fraction of sp³-hybridized carbons (Fsp3) is 0.455. The number of carbonyl (C=O) groups excluding carboxylic acids is 6. The summed E-state index contributed by atoms with van der Waals surface area (Å²) in [5.74, 6) is -9.47. The molecule has 0 aliphatic carbocycles. The van der Waals surface area contributed by atoms with Crippen LogP contribution in [0, 0.1) is 0 Å². The summed E-state index contributed by atoms with van der Waals surface area (Å²) in [6.07, 6.45) is 0. The highest BCUT2D eigenvalue weighted by Gasteiger charge is 2.79. The molecule has 1 saturated heterocycles. The van der Waals surface area contributed by atoms with Crippen LogP contribution in [0.2, 0.25) is 0 Å². The third-order valence-corrected chi connectivity index (χ3v) is 7.34. The summed E-state index contributed by atoms with van der Waals surface area (Å²) < 4.78 is 40.6. The predicted molar refractivity (Wildman–Crippen MR) is 118 cm³/mol. The number of fused-ring (bicyclic) bond motifs is 5. The van der Waals surface area contributed by atoms with Gasteiger partial charge in [-0.25, -0.2) is 28.8 Å². The van der Waals surface area contributed by atoms with E-state index >= 15 is 0 Å². The Bertz CT molecular complexity index is 1210. The molecule has 15 heteroatoms. The van der Waals surface area contributed by atoms with Crippen molar-refractivity contribution >= 4 is 47.6 Å². The number of rotatable bonds is 7. The lowest BCUT2D eigenvalue weighted by Crippen LogP contribution is -2.52. The van der Waals surface area contributed by atoms with Gasteiger partial charge in [-0.2, -0.15) is 0 Å². The summed E-state index contributed by atoms with van der Waals surface area (Å²) in [4.78, 5) is 77.8. The van der Waals surface area contributed by atoms with Gasteiger partial charge in [0.05, 0.1) is 64.6 Å². The largest absolute Gasteiger partial charge is 0.467 e. The molecule has 3 rings (SSSR count). The van der Waals surface area contributed by atoms with Gasteiger partial charge in [0, 0.05) is 12.7 Å². The van der Waals surface area contributed by atoms with Crippen LogP contribution in [0.4, 0.5) is 0 Å². The molecule has 2 bridgehead atoms. The molecule has 1 fully saturated rings. The van der Waals surface area contributed by atoms with E-state index in [9.17, 15) is 28.8 Å². The molecule has 0 saturated carbocycles. The average molecular weight is 542 g/mol. The Kier molecular flexibility index (Phi) is 7.53. The molecule has 0 N–H and O–H groups in total. The highest BCUT2D eigenvalue weighted by atomic mass is 32.2. The maximum Gasteiger partial charge on any atom is 0.345 e. The zero-order chi connectivity index (χ0) is 27.9. The van der Waals surface area contributed by atoms with E-state index in [0.717, 1.165) is 49.8 Å². The molecule has 14 nitrogen and oxygen atoms in total. The fourth-order valence-electron chi connectivity index (χ4n) is 4.50. The first kappa shape index (κ1) is 27.9. The number of hydrogen-bond acceptors (Lipinski definition) is 15. The standard InChI is InChI=1S/C22H22O14S/c1-29-15(23)8-9(16(24)30-2)13(19(27)33-5)37-14-10(8)22(35-7)12(18(26)32-4)11(17(25)31-3)21(14,36-22)20(28)34-6/h14H,1-7H3.